The molecular formula is C17H26N2O2. The fourth-order valence-corrected chi connectivity index (χ4v) is 2.76. The number of methoxy groups -OCH3 is 2. The highest BCUT2D eigenvalue weighted by Crippen LogP contribution is 2.18. The average Bonchev–Trinajstić information content (AvgIpc) is 2.93. The molecule has 2 unspecified atom stereocenters. The van der Waals surface area contributed by atoms with Gasteiger partial charge in [0.1, 0.15) is 5.75 Å². The standard InChI is InChI=1S/C17H26N2O2/c1-14(10-15-6-4-8-17(11-15)21-3)12-18-19-9-5-7-16(19)13-20-2/h4,6,8,11-12,14,16H,5,7,9-10,13H2,1-3H3. The Morgan fingerprint density at radius 3 is 3.05 bits per heavy atom. The summed E-state index contributed by atoms with van der Waals surface area (Å²) < 4.78 is 10.5. The first-order valence-corrected chi connectivity index (χ1v) is 7.65. The van der Waals surface area contributed by atoms with Gasteiger partial charge in [0.25, 0.3) is 0 Å². The van der Waals surface area contributed by atoms with Crippen LogP contribution in [-0.2, 0) is 11.2 Å². The summed E-state index contributed by atoms with van der Waals surface area (Å²) in [6.07, 6.45) is 5.42. The topological polar surface area (TPSA) is 34.1 Å². The van der Waals surface area contributed by atoms with E-state index in [2.05, 4.69) is 35.4 Å². The average molecular weight is 290 g/mol. The van der Waals surface area contributed by atoms with Crippen LogP contribution < -0.4 is 4.74 Å². The van der Waals surface area contributed by atoms with Crippen molar-refractivity contribution in [1.29, 1.82) is 0 Å². The van der Waals surface area contributed by atoms with E-state index in [9.17, 15) is 0 Å². The molecule has 1 aromatic rings. The summed E-state index contributed by atoms with van der Waals surface area (Å²) in [6, 6.07) is 8.68. The Morgan fingerprint density at radius 2 is 2.29 bits per heavy atom. The van der Waals surface area contributed by atoms with Crippen molar-refractivity contribution in [3.63, 3.8) is 0 Å². The highest BCUT2D eigenvalue weighted by molar-refractivity contribution is 5.60. The fraction of sp³-hybridized carbons (Fsp3) is 0.588. The molecule has 0 spiro atoms. The maximum Gasteiger partial charge on any atom is 0.119 e. The number of hydrogen-bond acceptors (Lipinski definition) is 4. The summed E-state index contributed by atoms with van der Waals surface area (Å²) in [6.45, 7) is 4.00. The third kappa shape index (κ3) is 4.74. The van der Waals surface area contributed by atoms with E-state index in [4.69, 9.17) is 9.47 Å². The molecule has 0 aliphatic carbocycles. The van der Waals surface area contributed by atoms with Crippen LogP contribution in [0.3, 0.4) is 0 Å². The second-order valence-corrected chi connectivity index (χ2v) is 5.71. The predicted molar refractivity (Wildman–Crippen MR) is 86.0 cm³/mol. The van der Waals surface area contributed by atoms with Crippen molar-refractivity contribution in [1.82, 2.24) is 5.01 Å². The molecule has 116 valence electrons. The normalized spacial score (nSPS) is 20.1. The van der Waals surface area contributed by atoms with Crippen LogP contribution in [0.25, 0.3) is 0 Å². The Hall–Kier alpha value is -1.55. The lowest BCUT2D eigenvalue weighted by Gasteiger charge is -2.21. The Kier molecular flexibility index (Phi) is 6.05. The van der Waals surface area contributed by atoms with Crippen LogP contribution in [0.5, 0.6) is 5.75 Å². The molecule has 4 heteroatoms. The molecule has 0 bridgehead atoms. The van der Waals surface area contributed by atoms with Gasteiger partial charge in [0.2, 0.25) is 0 Å². The van der Waals surface area contributed by atoms with Crippen LogP contribution in [0, 0.1) is 5.92 Å². The second kappa shape index (κ2) is 8.03. The first kappa shape index (κ1) is 15.8. The van der Waals surface area contributed by atoms with E-state index in [0.29, 0.717) is 12.0 Å². The summed E-state index contributed by atoms with van der Waals surface area (Å²) in [4.78, 5) is 0. The van der Waals surface area contributed by atoms with E-state index in [1.165, 1.54) is 18.4 Å². The minimum absolute atomic E-state index is 0.404. The van der Waals surface area contributed by atoms with Gasteiger partial charge in [0, 0.05) is 19.9 Å². The number of ether oxygens (including phenoxy) is 2. The number of hydrazone groups is 1. The van der Waals surface area contributed by atoms with Gasteiger partial charge in [-0.1, -0.05) is 19.1 Å². The second-order valence-electron chi connectivity index (χ2n) is 5.71. The molecule has 2 atom stereocenters. The molecular weight excluding hydrogens is 264 g/mol. The Bertz CT molecular complexity index is 462. The van der Waals surface area contributed by atoms with Crippen molar-refractivity contribution in [3.8, 4) is 5.75 Å². The first-order valence-electron chi connectivity index (χ1n) is 7.65. The van der Waals surface area contributed by atoms with Gasteiger partial charge >= 0.3 is 0 Å². The first-order chi connectivity index (χ1) is 10.2. The molecule has 0 amide bonds. The monoisotopic (exact) mass is 290 g/mol. The smallest absolute Gasteiger partial charge is 0.119 e. The molecule has 1 fully saturated rings. The minimum Gasteiger partial charge on any atom is -0.497 e. The van der Waals surface area contributed by atoms with Crippen molar-refractivity contribution >= 4 is 6.21 Å². The lowest BCUT2D eigenvalue weighted by molar-refractivity contribution is 0.118. The molecule has 2 rings (SSSR count). The number of rotatable bonds is 7. The van der Waals surface area contributed by atoms with Gasteiger partial charge in [0.05, 0.1) is 19.8 Å². The zero-order valence-electron chi connectivity index (χ0n) is 13.3. The van der Waals surface area contributed by atoms with Crippen LogP contribution in [0.2, 0.25) is 0 Å². The van der Waals surface area contributed by atoms with Gasteiger partial charge in [-0.05, 0) is 42.9 Å². The van der Waals surface area contributed by atoms with Crippen molar-refractivity contribution in [2.45, 2.75) is 32.2 Å². The summed E-state index contributed by atoms with van der Waals surface area (Å²) in [5, 5.41) is 6.83. The highest BCUT2D eigenvalue weighted by atomic mass is 16.5. The lowest BCUT2D eigenvalue weighted by Crippen LogP contribution is -2.28. The van der Waals surface area contributed by atoms with Crippen LogP contribution in [0.1, 0.15) is 25.3 Å². The molecule has 21 heavy (non-hydrogen) atoms. The Morgan fingerprint density at radius 1 is 1.43 bits per heavy atom. The SMILES string of the molecule is COCC1CCCN1N=CC(C)Cc1cccc(OC)c1. The summed E-state index contributed by atoms with van der Waals surface area (Å²) in [7, 11) is 3.46. The third-order valence-corrected chi connectivity index (χ3v) is 3.87. The van der Waals surface area contributed by atoms with Crippen LogP contribution in [-0.4, -0.2) is 44.6 Å². The van der Waals surface area contributed by atoms with E-state index in [1.54, 1.807) is 14.2 Å². The largest absolute Gasteiger partial charge is 0.497 e. The van der Waals surface area contributed by atoms with Gasteiger partial charge in [-0.25, -0.2) is 0 Å². The molecule has 0 saturated carbocycles. The minimum atomic E-state index is 0.404. The molecule has 1 aromatic carbocycles. The molecule has 0 aromatic heterocycles. The maximum atomic E-state index is 5.26. The van der Waals surface area contributed by atoms with Gasteiger partial charge in [-0.15, -0.1) is 0 Å². The maximum absolute atomic E-state index is 5.26. The third-order valence-electron chi connectivity index (χ3n) is 3.87. The van der Waals surface area contributed by atoms with E-state index in [0.717, 1.165) is 25.3 Å². The quantitative estimate of drug-likeness (QED) is 0.724. The molecule has 4 nitrogen and oxygen atoms in total. The van der Waals surface area contributed by atoms with Crippen molar-refractivity contribution < 1.29 is 9.47 Å². The van der Waals surface area contributed by atoms with Crippen molar-refractivity contribution in [2.24, 2.45) is 11.0 Å². The van der Waals surface area contributed by atoms with Gasteiger partial charge in [-0.3, -0.25) is 5.01 Å². The van der Waals surface area contributed by atoms with E-state index in [1.807, 2.05) is 12.1 Å². The molecule has 1 heterocycles. The number of nitrogens with zero attached hydrogens (tertiary/aromatic N) is 2. The van der Waals surface area contributed by atoms with Crippen LogP contribution >= 0.6 is 0 Å². The van der Waals surface area contributed by atoms with E-state index >= 15 is 0 Å². The molecule has 1 saturated heterocycles. The molecule has 0 N–H and O–H groups in total. The van der Waals surface area contributed by atoms with Crippen LogP contribution in [0.15, 0.2) is 29.4 Å². The molecule has 1 aliphatic heterocycles. The zero-order valence-corrected chi connectivity index (χ0v) is 13.3. The fourth-order valence-electron chi connectivity index (χ4n) is 2.76. The molecule has 0 radical (unpaired) electrons. The highest BCUT2D eigenvalue weighted by Gasteiger charge is 2.22. The van der Waals surface area contributed by atoms with Crippen LogP contribution in [0.4, 0.5) is 0 Å². The lowest BCUT2D eigenvalue weighted by atomic mass is 10.0. The zero-order chi connectivity index (χ0) is 15.1. The van der Waals surface area contributed by atoms with Crippen molar-refractivity contribution in [2.75, 3.05) is 27.4 Å². The predicted octanol–water partition coefficient (Wildman–Crippen LogP) is 2.97. The van der Waals surface area contributed by atoms with Gasteiger partial charge < -0.3 is 9.47 Å². The Balaban J connectivity index is 1.88. The van der Waals surface area contributed by atoms with E-state index in [-0.39, 0.29) is 0 Å². The van der Waals surface area contributed by atoms with E-state index < -0.39 is 0 Å². The van der Waals surface area contributed by atoms with Gasteiger partial charge in [-0.2, -0.15) is 5.10 Å². The summed E-state index contributed by atoms with van der Waals surface area (Å²) in [5.74, 6) is 1.32. The summed E-state index contributed by atoms with van der Waals surface area (Å²) >= 11 is 0. The summed E-state index contributed by atoms with van der Waals surface area (Å²) in [5.41, 5.74) is 1.28. The van der Waals surface area contributed by atoms with Gasteiger partial charge in [0.15, 0.2) is 0 Å². The molecule has 1 aliphatic rings. The Labute approximate surface area is 127 Å². The number of benzene rings is 1. The van der Waals surface area contributed by atoms with Crippen molar-refractivity contribution in [3.05, 3.63) is 29.8 Å². The number of hydrogen-bond donors (Lipinski definition) is 0.